The molecule has 4 nitrogen and oxygen atoms in total. The fourth-order valence-corrected chi connectivity index (χ4v) is 1.34. The Hall–Kier alpha value is -1.42. The van der Waals surface area contributed by atoms with E-state index < -0.39 is 0 Å². The first-order valence-electron chi connectivity index (χ1n) is 4.92. The van der Waals surface area contributed by atoms with E-state index in [-0.39, 0.29) is 11.5 Å². The Bertz CT molecular complexity index is 337. The van der Waals surface area contributed by atoms with Crippen LogP contribution in [0.2, 0.25) is 0 Å². The summed E-state index contributed by atoms with van der Waals surface area (Å²) in [6.07, 6.45) is 0.840. The molecule has 84 valence electrons. The standard InChI is InChI=1S/C11H17NO3/c1-12(2)5-4-8-6-9(13)11(14)10(7-8)15-3/h6-7,13-14H,4-5H2,1-3H3/p+1. The molecule has 4 heteroatoms. The van der Waals surface area contributed by atoms with Crippen LogP contribution in [0.3, 0.4) is 0 Å². The van der Waals surface area contributed by atoms with E-state index >= 15 is 0 Å². The highest BCUT2D eigenvalue weighted by molar-refractivity contribution is 5.51. The van der Waals surface area contributed by atoms with Crippen molar-refractivity contribution in [3.8, 4) is 17.2 Å². The number of likely N-dealkylation sites (N-methyl/N-ethyl adjacent to an activating group) is 1. The van der Waals surface area contributed by atoms with Gasteiger partial charge in [0.2, 0.25) is 5.75 Å². The van der Waals surface area contributed by atoms with Gasteiger partial charge in [0.15, 0.2) is 11.5 Å². The van der Waals surface area contributed by atoms with E-state index in [0.29, 0.717) is 5.75 Å². The number of hydrogen-bond acceptors (Lipinski definition) is 3. The van der Waals surface area contributed by atoms with Gasteiger partial charge in [-0.05, 0) is 17.7 Å². The lowest BCUT2D eigenvalue weighted by Gasteiger charge is -2.10. The SMILES string of the molecule is COc1cc(CC[NH+](C)C)cc(O)c1O. The van der Waals surface area contributed by atoms with E-state index in [1.54, 1.807) is 12.1 Å². The summed E-state index contributed by atoms with van der Waals surface area (Å²) in [5.41, 5.74) is 0.961. The smallest absolute Gasteiger partial charge is 0.200 e. The second-order valence-electron chi connectivity index (χ2n) is 3.87. The zero-order valence-corrected chi connectivity index (χ0v) is 9.37. The first kappa shape index (κ1) is 11.7. The molecule has 0 aliphatic heterocycles. The number of quaternary nitrogens is 1. The molecule has 0 aliphatic rings. The molecule has 0 unspecified atom stereocenters. The molecular formula is C11H18NO3+. The van der Waals surface area contributed by atoms with E-state index in [1.165, 1.54) is 12.0 Å². The average Bonchev–Trinajstić information content (AvgIpc) is 2.19. The van der Waals surface area contributed by atoms with Crippen LogP contribution in [-0.2, 0) is 6.42 Å². The van der Waals surface area contributed by atoms with Gasteiger partial charge < -0.3 is 19.8 Å². The summed E-state index contributed by atoms with van der Waals surface area (Å²) < 4.78 is 4.96. The van der Waals surface area contributed by atoms with Crippen LogP contribution in [0.15, 0.2) is 12.1 Å². The van der Waals surface area contributed by atoms with E-state index in [0.717, 1.165) is 18.5 Å². The van der Waals surface area contributed by atoms with Gasteiger partial charge in [0.1, 0.15) is 0 Å². The number of benzene rings is 1. The fourth-order valence-electron chi connectivity index (χ4n) is 1.34. The van der Waals surface area contributed by atoms with E-state index in [9.17, 15) is 10.2 Å². The molecule has 0 amide bonds. The van der Waals surface area contributed by atoms with Crippen molar-refractivity contribution >= 4 is 0 Å². The number of phenolic OH excluding ortho intramolecular Hbond substituents is 2. The molecule has 0 aromatic heterocycles. The van der Waals surface area contributed by atoms with Crippen LogP contribution >= 0.6 is 0 Å². The minimum absolute atomic E-state index is 0.127. The maximum absolute atomic E-state index is 9.44. The van der Waals surface area contributed by atoms with Crippen molar-refractivity contribution in [2.75, 3.05) is 27.7 Å². The predicted octanol–water partition coefficient (Wildman–Crippen LogP) is -0.207. The van der Waals surface area contributed by atoms with Crippen molar-refractivity contribution in [1.82, 2.24) is 0 Å². The van der Waals surface area contributed by atoms with E-state index in [2.05, 4.69) is 14.1 Å². The van der Waals surface area contributed by atoms with Crippen LogP contribution in [0, 0.1) is 0 Å². The number of nitrogens with one attached hydrogen (secondary N) is 1. The van der Waals surface area contributed by atoms with Crippen molar-refractivity contribution in [3.05, 3.63) is 17.7 Å². The maximum Gasteiger partial charge on any atom is 0.200 e. The molecule has 3 N–H and O–H groups in total. The second kappa shape index (κ2) is 4.89. The van der Waals surface area contributed by atoms with Crippen LogP contribution in [-0.4, -0.2) is 38.0 Å². The lowest BCUT2D eigenvalue weighted by atomic mass is 10.1. The molecule has 0 bridgehead atoms. The molecule has 0 atom stereocenters. The monoisotopic (exact) mass is 212 g/mol. The molecule has 0 spiro atoms. The normalized spacial score (nSPS) is 10.7. The van der Waals surface area contributed by atoms with Gasteiger partial charge in [-0.2, -0.15) is 0 Å². The topological polar surface area (TPSA) is 54.1 Å². The van der Waals surface area contributed by atoms with Crippen LogP contribution in [0.4, 0.5) is 0 Å². The quantitative estimate of drug-likeness (QED) is 0.606. The van der Waals surface area contributed by atoms with Crippen LogP contribution in [0.1, 0.15) is 5.56 Å². The maximum atomic E-state index is 9.44. The van der Waals surface area contributed by atoms with Gasteiger partial charge in [-0.1, -0.05) is 0 Å². The van der Waals surface area contributed by atoms with Gasteiger partial charge in [0.05, 0.1) is 27.7 Å². The molecule has 1 aromatic carbocycles. The van der Waals surface area contributed by atoms with Crippen molar-refractivity contribution in [2.45, 2.75) is 6.42 Å². The highest BCUT2D eigenvalue weighted by Gasteiger charge is 2.09. The van der Waals surface area contributed by atoms with Gasteiger partial charge >= 0.3 is 0 Å². The molecular weight excluding hydrogens is 194 g/mol. The van der Waals surface area contributed by atoms with Gasteiger partial charge in [-0.25, -0.2) is 0 Å². The number of ether oxygens (including phenoxy) is 1. The molecule has 1 aromatic rings. The first-order chi connectivity index (χ1) is 7.04. The number of rotatable bonds is 4. The van der Waals surface area contributed by atoms with Crippen molar-refractivity contribution in [1.29, 1.82) is 0 Å². The van der Waals surface area contributed by atoms with Gasteiger partial charge in [-0.3, -0.25) is 0 Å². The Kier molecular flexibility index (Phi) is 3.80. The summed E-state index contributed by atoms with van der Waals surface area (Å²) in [5, 5.41) is 18.9. The molecule has 0 fully saturated rings. The summed E-state index contributed by atoms with van der Waals surface area (Å²) in [7, 11) is 5.60. The summed E-state index contributed by atoms with van der Waals surface area (Å²) in [6.45, 7) is 0.966. The zero-order chi connectivity index (χ0) is 11.4. The minimum Gasteiger partial charge on any atom is -0.504 e. The minimum atomic E-state index is -0.196. The molecule has 0 saturated heterocycles. The average molecular weight is 212 g/mol. The van der Waals surface area contributed by atoms with Crippen molar-refractivity contribution in [2.24, 2.45) is 0 Å². The van der Waals surface area contributed by atoms with Crippen LogP contribution in [0.25, 0.3) is 0 Å². The lowest BCUT2D eigenvalue weighted by Crippen LogP contribution is -3.05. The number of hydrogen-bond donors (Lipinski definition) is 3. The third-order valence-electron chi connectivity index (χ3n) is 2.25. The van der Waals surface area contributed by atoms with E-state index in [4.69, 9.17) is 4.74 Å². The zero-order valence-electron chi connectivity index (χ0n) is 9.37. The Balaban J connectivity index is 2.86. The van der Waals surface area contributed by atoms with E-state index in [1.807, 2.05) is 0 Å². The number of aromatic hydroxyl groups is 2. The molecule has 0 saturated carbocycles. The Morgan fingerprint density at radius 3 is 2.47 bits per heavy atom. The highest BCUT2D eigenvalue weighted by atomic mass is 16.5. The first-order valence-corrected chi connectivity index (χ1v) is 4.92. The summed E-state index contributed by atoms with van der Waals surface area (Å²) in [6, 6.07) is 3.32. The van der Waals surface area contributed by atoms with Crippen molar-refractivity contribution in [3.63, 3.8) is 0 Å². The molecule has 0 radical (unpaired) electrons. The Morgan fingerprint density at radius 2 is 1.93 bits per heavy atom. The van der Waals surface area contributed by atoms with Gasteiger partial charge in [0, 0.05) is 6.42 Å². The lowest BCUT2D eigenvalue weighted by molar-refractivity contribution is -0.858. The van der Waals surface area contributed by atoms with Crippen LogP contribution < -0.4 is 9.64 Å². The Morgan fingerprint density at radius 1 is 1.27 bits per heavy atom. The summed E-state index contributed by atoms with van der Waals surface area (Å²) >= 11 is 0. The van der Waals surface area contributed by atoms with Crippen LogP contribution in [0.5, 0.6) is 17.2 Å². The third-order valence-corrected chi connectivity index (χ3v) is 2.25. The number of methoxy groups -OCH3 is 1. The highest BCUT2D eigenvalue weighted by Crippen LogP contribution is 2.36. The Labute approximate surface area is 89.7 Å². The van der Waals surface area contributed by atoms with Gasteiger partial charge in [0.25, 0.3) is 0 Å². The molecule has 15 heavy (non-hydrogen) atoms. The molecule has 0 aliphatic carbocycles. The number of phenols is 2. The predicted molar refractivity (Wildman–Crippen MR) is 57.7 cm³/mol. The summed E-state index contributed by atoms with van der Waals surface area (Å²) in [5.74, 6) is -0.00434. The largest absolute Gasteiger partial charge is 0.504 e. The summed E-state index contributed by atoms with van der Waals surface area (Å²) in [4.78, 5) is 1.33. The van der Waals surface area contributed by atoms with Gasteiger partial charge in [-0.15, -0.1) is 0 Å². The fraction of sp³-hybridized carbons (Fsp3) is 0.455. The third kappa shape index (κ3) is 3.02. The molecule has 0 heterocycles. The second-order valence-corrected chi connectivity index (χ2v) is 3.87. The van der Waals surface area contributed by atoms with Crippen molar-refractivity contribution < 1.29 is 19.8 Å². The molecule has 1 rings (SSSR count).